The number of carbonyl (C=O) groups is 2. The van der Waals surface area contributed by atoms with Crippen LogP contribution in [-0.4, -0.2) is 33.9 Å². The molecule has 2 aliphatic heterocycles. The van der Waals surface area contributed by atoms with E-state index in [1.54, 1.807) is 12.4 Å². The molecule has 0 radical (unpaired) electrons. The van der Waals surface area contributed by atoms with Gasteiger partial charge in [0.25, 0.3) is 5.91 Å². The normalized spacial score (nSPS) is 18.7. The van der Waals surface area contributed by atoms with Crippen LogP contribution in [0.15, 0.2) is 67.8 Å². The fourth-order valence-electron chi connectivity index (χ4n) is 4.28. The fraction of sp³-hybridized carbons (Fsp3) is 0.250. The zero-order valence-corrected chi connectivity index (χ0v) is 20.3. The highest BCUT2D eigenvalue weighted by Gasteiger charge is 2.47. The van der Waals surface area contributed by atoms with Gasteiger partial charge in [-0.1, -0.05) is 50.1 Å². The van der Waals surface area contributed by atoms with Crippen LogP contribution in [-0.2, 0) is 17.8 Å². The Bertz CT molecular complexity index is 1320. The number of hydrogen-bond donors (Lipinski definition) is 2. The number of rotatable bonds is 6. The quantitative estimate of drug-likeness (QED) is 0.497. The minimum Gasteiger partial charge on any atom is -0.363 e. The summed E-state index contributed by atoms with van der Waals surface area (Å²) >= 11 is 0. The molecule has 0 spiro atoms. The molecule has 0 aliphatic carbocycles. The Morgan fingerprint density at radius 1 is 1.31 bits per heavy atom. The summed E-state index contributed by atoms with van der Waals surface area (Å²) in [6.45, 7) is 15.0. The van der Waals surface area contributed by atoms with Crippen molar-refractivity contribution in [1.29, 1.82) is 0 Å². The van der Waals surface area contributed by atoms with Crippen molar-refractivity contribution in [2.75, 3.05) is 11.4 Å². The SMILES string of the molecule is C=C1c2cc(CC)ccc2CN1C[C@@]1(C#Cc2cncc(N(/C=C\C)C(=C)C)c2)NC(=O)NC1=O. The molecule has 7 nitrogen and oxygen atoms in total. The summed E-state index contributed by atoms with van der Waals surface area (Å²) in [4.78, 5) is 33.3. The maximum absolute atomic E-state index is 12.9. The van der Waals surface area contributed by atoms with Crippen LogP contribution in [0.5, 0.6) is 0 Å². The van der Waals surface area contributed by atoms with Crippen LogP contribution >= 0.6 is 0 Å². The van der Waals surface area contributed by atoms with E-state index in [1.807, 2.05) is 42.0 Å². The number of allylic oxidation sites excluding steroid dienone is 2. The predicted molar refractivity (Wildman–Crippen MR) is 138 cm³/mol. The highest BCUT2D eigenvalue weighted by molar-refractivity contribution is 6.09. The van der Waals surface area contributed by atoms with Crippen molar-refractivity contribution < 1.29 is 9.59 Å². The van der Waals surface area contributed by atoms with E-state index in [0.29, 0.717) is 12.1 Å². The number of benzene rings is 1. The minimum atomic E-state index is -1.41. The van der Waals surface area contributed by atoms with Gasteiger partial charge in [-0.25, -0.2) is 4.79 Å². The second kappa shape index (κ2) is 9.51. The van der Waals surface area contributed by atoms with Gasteiger partial charge in [0.1, 0.15) is 0 Å². The van der Waals surface area contributed by atoms with Crippen molar-refractivity contribution in [3.05, 3.63) is 90.0 Å². The molecule has 1 saturated heterocycles. The monoisotopic (exact) mass is 467 g/mol. The van der Waals surface area contributed by atoms with Crippen LogP contribution in [0, 0.1) is 11.8 Å². The van der Waals surface area contributed by atoms with E-state index in [9.17, 15) is 9.59 Å². The van der Waals surface area contributed by atoms with E-state index in [-0.39, 0.29) is 6.54 Å². The van der Waals surface area contributed by atoms with Gasteiger partial charge in [-0.15, -0.1) is 0 Å². The zero-order chi connectivity index (χ0) is 25.2. The van der Waals surface area contributed by atoms with Crippen molar-refractivity contribution >= 4 is 23.3 Å². The molecule has 1 fully saturated rings. The van der Waals surface area contributed by atoms with Crippen LogP contribution in [0.2, 0.25) is 0 Å². The Balaban J connectivity index is 1.65. The summed E-state index contributed by atoms with van der Waals surface area (Å²) in [7, 11) is 0. The molecule has 3 amide bonds. The van der Waals surface area contributed by atoms with Crippen LogP contribution in [0.3, 0.4) is 0 Å². The van der Waals surface area contributed by atoms with E-state index in [0.717, 1.165) is 34.6 Å². The average molecular weight is 468 g/mol. The Hall–Kier alpha value is -4.31. The van der Waals surface area contributed by atoms with E-state index in [2.05, 4.69) is 65.7 Å². The summed E-state index contributed by atoms with van der Waals surface area (Å²) in [5, 5.41) is 5.09. The molecular formula is C28H29N5O2. The minimum absolute atomic E-state index is 0.177. The fourth-order valence-corrected chi connectivity index (χ4v) is 4.28. The molecular weight excluding hydrogens is 438 g/mol. The number of carbonyl (C=O) groups excluding carboxylic acids is 2. The molecule has 2 aromatic rings. The van der Waals surface area contributed by atoms with Crippen molar-refractivity contribution in [2.24, 2.45) is 0 Å². The largest absolute Gasteiger partial charge is 0.363 e. The molecule has 35 heavy (non-hydrogen) atoms. The number of amides is 3. The third-order valence-corrected chi connectivity index (χ3v) is 6.14. The number of aryl methyl sites for hydroxylation is 1. The molecule has 2 aliphatic rings. The van der Waals surface area contributed by atoms with E-state index < -0.39 is 17.5 Å². The number of nitrogens with zero attached hydrogens (tertiary/aromatic N) is 3. The van der Waals surface area contributed by atoms with Gasteiger partial charge in [0, 0.05) is 41.5 Å². The van der Waals surface area contributed by atoms with E-state index in [1.165, 1.54) is 5.56 Å². The lowest BCUT2D eigenvalue weighted by atomic mass is 9.99. The van der Waals surface area contributed by atoms with Gasteiger partial charge in [-0.2, -0.15) is 0 Å². The highest BCUT2D eigenvalue weighted by atomic mass is 16.2. The number of fused-ring (bicyclic) bond motifs is 1. The predicted octanol–water partition coefficient (Wildman–Crippen LogP) is 3.93. The molecule has 0 saturated carbocycles. The van der Waals surface area contributed by atoms with Gasteiger partial charge < -0.3 is 15.1 Å². The first-order valence-electron chi connectivity index (χ1n) is 11.5. The Labute approximate surface area is 206 Å². The third-order valence-electron chi connectivity index (χ3n) is 6.14. The number of nitrogens with one attached hydrogen (secondary N) is 2. The number of anilines is 1. The maximum atomic E-state index is 12.9. The summed E-state index contributed by atoms with van der Waals surface area (Å²) in [6.07, 6.45) is 8.07. The summed E-state index contributed by atoms with van der Waals surface area (Å²) in [6, 6.07) is 7.65. The second-order valence-corrected chi connectivity index (χ2v) is 8.73. The summed E-state index contributed by atoms with van der Waals surface area (Å²) in [5.74, 6) is 5.62. The van der Waals surface area contributed by atoms with Crippen molar-refractivity contribution in [3.8, 4) is 11.8 Å². The molecule has 2 N–H and O–H groups in total. The Morgan fingerprint density at radius 2 is 2.11 bits per heavy atom. The molecule has 1 aromatic heterocycles. The van der Waals surface area contributed by atoms with Gasteiger partial charge >= 0.3 is 6.03 Å². The number of hydrogen-bond acceptors (Lipinski definition) is 5. The molecule has 3 heterocycles. The molecule has 7 heteroatoms. The van der Waals surface area contributed by atoms with Gasteiger partial charge in [0.2, 0.25) is 5.54 Å². The Morgan fingerprint density at radius 3 is 2.77 bits per heavy atom. The van der Waals surface area contributed by atoms with Crippen LogP contribution in [0.4, 0.5) is 10.5 Å². The number of imide groups is 1. The molecule has 178 valence electrons. The van der Waals surface area contributed by atoms with Crippen molar-refractivity contribution in [3.63, 3.8) is 0 Å². The van der Waals surface area contributed by atoms with Gasteiger partial charge in [0.05, 0.1) is 18.4 Å². The smallest absolute Gasteiger partial charge is 0.323 e. The van der Waals surface area contributed by atoms with Crippen LogP contribution < -0.4 is 15.5 Å². The van der Waals surface area contributed by atoms with E-state index in [4.69, 9.17) is 0 Å². The first-order chi connectivity index (χ1) is 16.8. The van der Waals surface area contributed by atoms with Gasteiger partial charge in [0.15, 0.2) is 0 Å². The lowest BCUT2D eigenvalue weighted by Gasteiger charge is -2.28. The average Bonchev–Trinajstić information content (AvgIpc) is 3.30. The summed E-state index contributed by atoms with van der Waals surface area (Å²) < 4.78 is 0. The summed E-state index contributed by atoms with van der Waals surface area (Å²) in [5.41, 5.74) is 5.07. The van der Waals surface area contributed by atoms with Crippen molar-refractivity contribution in [2.45, 2.75) is 39.3 Å². The zero-order valence-electron chi connectivity index (χ0n) is 20.3. The Kier molecular flexibility index (Phi) is 6.48. The topological polar surface area (TPSA) is 77.6 Å². The van der Waals surface area contributed by atoms with Crippen LogP contribution in [0.25, 0.3) is 5.70 Å². The lowest BCUT2D eigenvalue weighted by molar-refractivity contribution is -0.122. The number of pyridine rings is 1. The third kappa shape index (κ3) is 4.69. The first-order valence-corrected chi connectivity index (χ1v) is 11.5. The van der Waals surface area contributed by atoms with Gasteiger partial charge in [-0.05, 0) is 43.5 Å². The van der Waals surface area contributed by atoms with Crippen LogP contribution in [0.1, 0.15) is 43.0 Å². The van der Waals surface area contributed by atoms with Gasteiger partial charge in [-0.3, -0.25) is 15.1 Å². The first kappa shape index (κ1) is 23.8. The number of aromatic nitrogens is 1. The van der Waals surface area contributed by atoms with E-state index >= 15 is 0 Å². The lowest BCUT2D eigenvalue weighted by Crippen LogP contribution is -2.53. The number of urea groups is 1. The molecule has 0 unspecified atom stereocenters. The molecule has 4 rings (SSSR count). The molecule has 0 bridgehead atoms. The highest BCUT2D eigenvalue weighted by Crippen LogP contribution is 2.34. The standard InChI is InChI=1S/C28H29N5O2/c1-6-12-33(19(3)4)24-13-22(15-29-16-24)10-11-28(26(34)30-27(35)31-28)18-32-17-23-9-8-21(7-2)14-25(23)20(32)5/h6,8-9,12-16H,3,5,7,17-18H2,1-2,4H3,(H2,30,31,34,35)/b12-6-/t28-/m1/s1. The molecule has 1 aromatic carbocycles. The second-order valence-electron chi connectivity index (χ2n) is 8.73. The maximum Gasteiger partial charge on any atom is 0.323 e. The molecule has 1 atom stereocenters. The van der Waals surface area contributed by atoms with Crippen molar-refractivity contribution in [1.82, 2.24) is 20.5 Å².